The van der Waals surface area contributed by atoms with E-state index < -0.39 is 5.82 Å². The highest BCUT2D eigenvalue weighted by molar-refractivity contribution is 6.31. The molecule has 0 atom stereocenters. The van der Waals surface area contributed by atoms with Gasteiger partial charge in [-0.1, -0.05) is 49.7 Å². The van der Waals surface area contributed by atoms with Crippen molar-refractivity contribution in [2.24, 2.45) is 0 Å². The molecule has 0 radical (unpaired) electrons. The van der Waals surface area contributed by atoms with Crippen LogP contribution in [0.1, 0.15) is 19.4 Å². The lowest BCUT2D eigenvalue weighted by atomic mass is 10.0. The summed E-state index contributed by atoms with van der Waals surface area (Å²) in [4.78, 5) is 19.8. The van der Waals surface area contributed by atoms with Gasteiger partial charge in [0.15, 0.2) is 0 Å². The second kappa shape index (κ2) is 12.2. The van der Waals surface area contributed by atoms with E-state index in [1.807, 2.05) is 42.5 Å². The summed E-state index contributed by atoms with van der Waals surface area (Å²) in [5.74, 6) is -0.534. The Labute approximate surface area is 222 Å². The normalized spacial score (nSPS) is 13.7. The summed E-state index contributed by atoms with van der Waals surface area (Å²) in [6.07, 6.45) is 0. The van der Waals surface area contributed by atoms with Gasteiger partial charge in [0.2, 0.25) is 0 Å². The van der Waals surface area contributed by atoms with Crippen LogP contribution in [-0.2, 0) is 0 Å². The first-order valence-corrected chi connectivity index (χ1v) is 12.9. The molecule has 1 fully saturated rings. The smallest absolute Gasteiger partial charge is 0.307 e. The highest BCUT2D eigenvalue weighted by Crippen LogP contribution is 2.26. The molecule has 0 aromatic heterocycles. The first kappa shape index (κ1) is 26.6. The summed E-state index contributed by atoms with van der Waals surface area (Å²) in [5.41, 5.74) is 3.66. The molecule has 3 aromatic rings. The molecule has 3 aromatic carbocycles. The van der Waals surface area contributed by atoms with E-state index in [-0.39, 0.29) is 11.1 Å². The van der Waals surface area contributed by atoms with Gasteiger partial charge in [-0.25, -0.2) is 9.18 Å². The number of anilines is 2. The van der Waals surface area contributed by atoms with E-state index in [9.17, 15) is 14.4 Å². The number of rotatable bonds is 9. The molecule has 0 aliphatic carbocycles. The quantitative estimate of drug-likeness (QED) is 0.372. The standard InChI is InChI=1S/C29H31ClFN5O/c1-3-35(4-2)26-19-34(20-26)14-15-36(29(37)33-24-10-13-28(31)27(30)17-24)25-11-8-22(9-12-25)23-7-5-6-21(16-23)18-32/h5-13,16-17,26H,3-4,14-15,19-20H2,1-2H3,(H,33,37). The predicted octanol–water partition coefficient (Wildman–Crippen LogP) is 6.08. The maximum atomic E-state index is 13.6. The summed E-state index contributed by atoms with van der Waals surface area (Å²) >= 11 is 5.91. The Balaban J connectivity index is 1.50. The monoisotopic (exact) mass is 519 g/mol. The number of urea groups is 1. The third-order valence-corrected chi connectivity index (χ3v) is 7.12. The van der Waals surface area contributed by atoms with E-state index >= 15 is 0 Å². The number of nitriles is 1. The van der Waals surface area contributed by atoms with Gasteiger partial charge in [0.05, 0.1) is 16.7 Å². The summed E-state index contributed by atoms with van der Waals surface area (Å²) in [5, 5.41) is 12.0. The molecule has 8 heteroatoms. The van der Waals surface area contributed by atoms with Crippen LogP contribution >= 0.6 is 11.6 Å². The zero-order valence-electron chi connectivity index (χ0n) is 21.1. The van der Waals surface area contributed by atoms with Crippen LogP contribution in [0.25, 0.3) is 11.1 Å². The maximum Gasteiger partial charge on any atom is 0.326 e. The number of carbonyl (C=O) groups is 1. The number of likely N-dealkylation sites (tertiary alicyclic amines) is 1. The molecule has 1 N–H and O–H groups in total. The predicted molar refractivity (Wildman–Crippen MR) is 148 cm³/mol. The second-order valence-electron chi connectivity index (χ2n) is 9.08. The Morgan fingerprint density at radius 3 is 2.46 bits per heavy atom. The number of hydrogen-bond acceptors (Lipinski definition) is 4. The van der Waals surface area contributed by atoms with Gasteiger partial charge >= 0.3 is 6.03 Å². The number of amides is 2. The van der Waals surface area contributed by atoms with Crippen LogP contribution in [0.3, 0.4) is 0 Å². The molecule has 0 saturated carbocycles. The van der Waals surface area contributed by atoms with Gasteiger partial charge in [-0.15, -0.1) is 0 Å². The first-order chi connectivity index (χ1) is 17.9. The van der Waals surface area contributed by atoms with Gasteiger partial charge in [0.1, 0.15) is 5.82 Å². The molecule has 1 saturated heterocycles. The van der Waals surface area contributed by atoms with Gasteiger partial charge in [-0.05, 0) is 66.7 Å². The molecule has 0 unspecified atom stereocenters. The third kappa shape index (κ3) is 6.47. The minimum Gasteiger partial charge on any atom is -0.307 e. The highest BCUT2D eigenvalue weighted by atomic mass is 35.5. The molecule has 0 spiro atoms. The van der Waals surface area contributed by atoms with Crippen LogP contribution in [0, 0.1) is 17.1 Å². The number of nitrogens with zero attached hydrogens (tertiary/aromatic N) is 4. The Bertz CT molecular complexity index is 1270. The molecular weight excluding hydrogens is 489 g/mol. The van der Waals surface area contributed by atoms with Gasteiger partial charge in [-0.2, -0.15) is 5.26 Å². The van der Waals surface area contributed by atoms with Crippen molar-refractivity contribution < 1.29 is 9.18 Å². The summed E-state index contributed by atoms with van der Waals surface area (Å²) in [6.45, 7) is 9.63. The van der Waals surface area contributed by atoms with Gasteiger partial charge in [-0.3, -0.25) is 14.7 Å². The molecule has 1 heterocycles. The van der Waals surface area contributed by atoms with Crippen molar-refractivity contribution >= 4 is 29.0 Å². The highest BCUT2D eigenvalue weighted by Gasteiger charge is 2.30. The SMILES string of the molecule is CCN(CC)C1CN(CCN(C(=O)Nc2ccc(F)c(Cl)c2)c2ccc(-c3cccc(C#N)c3)cc2)C1. The fraction of sp³-hybridized carbons (Fsp3) is 0.310. The zero-order valence-corrected chi connectivity index (χ0v) is 21.9. The molecule has 2 amide bonds. The lowest BCUT2D eigenvalue weighted by Gasteiger charge is -2.45. The van der Waals surface area contributed by atoms with Gasteiger partial charge in [0.25, 0.3) is 0 Å². The first-order valence-electron chi connectivity index (χ1n) is 12.5. The van der Waals surface area contributed by atoms with Crippen molar-refractivity contribution in [2.75, 3.05) is 49.5 Å². The minimum atomic E-state index is -0.534. The number of nitrogens with one attached hydrogen (secondary N) is 1. The van der Waals surface area contributed by atoms with Crippen LogP contribution in [0.4, 0.5) is 20.6 Å². The molecule has 6 nitrogen and oxygen atoms in total. The van der Waals surface area contributed by atoms with Crippen molar-refractivity contribution in [3.63, 3.8) is 0 Å². The fourth-order valence-corrected chi connectivity index (χ4v) is 4.83. The topological polar surface area (TPSA) is 62.6 Å². The van der Waals surface area contributed by atoms with E-state index in [0.717, 1.165) is 49.5 Å². The summed E-state index contributed by atoms with van der Waals surface area (Å²) < 4.78 is 13.6. The molecule has 0 bridgehead atoms. The minimum absolute atomic E-state index is 0.0451. The lowest BCUT2D eigenvalue weighted by molar-refractivity contribution is 0.0424. The molecule has 37 heavy (non-hydrogen) atoms. The number of benzene rings is 3. The number of hydrogen-bond donors (Lipinski definition) is 1. The van der Waals surface area contributed by atoms with Crippen molar-refractivity contribution in [2.45, 2.75) is 19.9 Å². The Morgan fingerprint density at radius 1 is 1.08 bits per heavy atom. The van der Waals surface area contributed by atoms with Crippen molar-refractivity contribution in [1.29, 1.82) is 5.26 Å². The third-order valence-electron chi connectivity index (χ3n) is 6.83. The number of carbonyl (C=O) groups excluding carboxylic acids is 1. The van der Waals surface area contributed by atoms with Crippen LogP contribution in [0.2, 0.25) is 5.02 Å². The van der Waals surface area contributed by atoms with Gasteiger partial charge < -0.3 is 5.32 Å². The Hall–Kier alpha value is -3.44. The Kier molecular flexibility index (Phi) is 8.78. The van der Waals surface area contributed by atoms with Crippen molar-refractivity contribution in [3.8, 4) is 17.2 Å². The number of halogens is 2. The zero-order chi connectivity index (χ0) is 26.4. The molecule has 1 aliphatic heterocycles. The van der Waals surface area contributed by atoms with Gasteiger partial charge in [0, 0.05) is 43.6 Å². The largest absolute Gasteiger partial charge is 0.326 e. The van der Waals surface area contributed by atoms with Crippen molar-refractivity contribution in [1.82, 2.24) is 9.80 Å². The van der Waals surface area contributed by atoms with E-state index in [2.05, 4.69) is 35.0 Å². The summed E-state index contributed by atoms with van der Waals surface area (Å²) in [6, 6.07) is 21.7. The van der Waals surface area contributed by atoms with E-state index in [0.29, 0.717) is 23.8 Å². The van der Waals surface area contributed by atoms with Crippen LogP contribution in [0.15, 0.2) is 66.7 Å². The number of likely N-dealkylation sites (N-methyl/N-ethyl adjacent to an activating group) is 1. The van der Waals surface area contributed by atoms with Crippen molar-refractivity contribution in [3.05, 3.63) is 83.1 Å². The van der Waals surface area contributed by atoms with Crippen LogP contribution in [-0.4, -0.2) is 61.1 Å². The summed E-state index contributed by atoms with van der Waals surface area (Å²) in [7, 11) is 0. The van der Waals surface area contributed by atoms with Crippen LogP contribution < -0.4 is 10.2 Å². The molecule has 4 rings (SSSR count). The van der Waals surface area contributed by atoms with Crippen LogP contribution in [0.5, 0.6) is 0 Å². The molecular formula is C29H31ClFN5O. The molecule has 192 valence electrons. The van der Waals surface area contributed by atoms with E-state index in [1.54, 1.807) is 11.0 Å². The van der Waals surface area contributed by atoms with E-state index in [1.165, 1.54) is 18.2 Å². The molecule has 1 aliphatic rings. The second-order valence-corrected chi connectivity index (χ2v) is 9.49. The average molecular weight is 520 g/mol. The van der Waals surface area contributed by atoms with E-state index in [4.69, 9.17) is 11.6 Å². The Morgan fingerprint density at radius 2 is 1.81 bits per heavy atom. The fourth-order valence-electron chi connectivity index (χ4n) is 4.65. The average Bonchev–Trinajstić information content (AvgIpc) is 2.89. The lowest BCUT2D eigenvalue weighted by Crippen LogP contribution is -2.60. The maximum absolute atomic E-state index is 13.6.